The quantitative estimate of drug-likeness (QED) is 0.0824. The van der Waals surface area contributed by atoms with E-state index in [0.717, 1.165) is 24.0 Å². The molecule has 332 valence electrons. The van der Waals surface area contributed by atoms with Gasteiger partial charge in [-0.15, -0.1) is 0 Å². The molecule has 0 fully saturated rings. The van der Waals surface area contributed by atoms with E-state index in [1.54, 1.807) is 41.8 Å². The monoisotopic (exact) mass is 828 g/mol. The molecule has 0 unspecified atom stereocenters. The van der Waals surface area contributed by atoms with Gasteiger partial charge in [0.25, 0.3) is 0 Å². The highest BCUT2D eigenvalue weighted by Crippen LogP contribution is 2.29. The first kappa shape index (κ1) is 50.6. The molecule has 8 atom stereocenters. The maximum atomic E-state index is 14.0. The second kappa shape index (κ2) is 23.9. The minimum atomic E-state index is -1.12. The molecule has 59 heavy (non-hydrogen) atoms. The average Bonchev–Trinajstić information content (AvgIpc) is 3.18. The van der Waals surface area contributed by atoms with Crippen molar-refractivity contribution in [3.05, 3.63) is 35.4 Å². The van der Waals surface area contributed by atoms with Crippen LogP contribution in [0.15, 0.2) is 24.3 Å². The lowest BCUT2D eigenvalue weighted by Gasteiger charge is -2.33. The highest BCUT2D eigenvalue weighted by Gasteiger charge is 2.37. The number of carbonyl (C=O) groups is 7. The summed E-state index contributed by atoms with van der Waals surface area (Å²) in [6.07, 6.45) is 2.33. The van der Waals surface area contributed by atoms with Crippen molar-refractivity contribution in [2.24, 2.45) is 17.3 Å². The Balaban J connectivity index is 2.25. The fourth-order valence-electron chi connectivity index (χ4n) is 6.46. The van der Waals surface area contributed by atoms with E-state index in [2.05, 4.69) is 47.9 Å². The van der Waals surface area contributed by atoms with Crippen molar-refractivity contribution >= 4 is 41.4 Å². The van der Waals surface area contributed by atoms with Gasteiger partial charge in [-0.05, 0) is 95.3 Å². The number of fused-ring (bicyclic) bond motifs is 1. The molecule has 0 saturated heterocycles. The van der Waals surface area contributed by atoms with E-state index in [1.165, 1.54) is 0 Å². The Kier molecular flexibility index (Phi) is 20.5. The molecule has 16 nitrogen and oxygen atoms in total. The van der Waals surface area contributed by atoms with E-state index in [4.69, 9.17) is 0 Å². The van der Waals surface area contributed by atoms with Crippen LogP contribution in [0.1, 0.15) is 119 Å². The van der Waals surface area contributed by atoms with Gasteiger partial charge in [-0.2, -0.15) is 0 Å². The molecule has 0 saturated carbocycles. The Hall–Kier alpha value is -4.57. The predicted octanol–water partition coefficient (Wildman–Crippen LogP) is 1.48. The van der Waals surface area contributed by atoms with E-state index in [1.807, 2.05) is 65.8 Å². The Morgan fingerprint density at radius 1 is 0.661 bits per heavy atom. The highest BCUT2D eigenvalue weighted by molar-refractivity contribution is 5.94. The fourth-order valence-corrected chi connectivity index (χ4v) is 6.46. The lowest BCUT2D eigenvalue weighted by Crippen LogP contribution is -2.59. The molecule has 0 heterocycles. The first-order valence-corrected chi connectivity index (χ1v) is 21.1. The summed E-state index contributed by atoms with van der Waals surface area (Å²) in [6, 6.07) is 2.27. The third-order valence-electron chi connectivity index (χ3n) is 11.1. The van der Waals surface area contributed by atoms with Crippen LogP contribution in [0, 0.1) is 17.3 Å². The van der Waals surface area contributed by atoms with Crippen LogP contribution in [-0.4, -0.2) is 104 Å². The number of aryl methyl sites for hydroxylation is 1. The molecule has 0 radical (unpaired) electrons. The summed E-state index contributed by atoms with van der Waals surface area (Å²) < 4.78 is 0. The summed E-state index contributed by atoms with van der Waals surface area (Å²) in [5.41, 5.74) is 1.44. The molecule has 1 aliphatic carbocycles. The van der Waals surface area contributed by atoms with Crippen molar-refractivity contribution in [2.75, 3.05) is 20.6 Å². The standard InChI is InChI=1S/C43H73N9O7/c1-24(2)26(5)47-39(56)33(49-41(58)35(25(3)4)51-37(54)27(6)44-11)22-23-46-34(53)21-20-32(40(57)48-31-19-15-17-29-16-13-14-18-30(29)31)50-42(59)36(43(8,9)10)52-38(55)28(7)45-12/h13-14,16,18,24-28,31-33,35-36,44-45H,15,17,19-23H2,1-12H3,(H,46,53)(H,47,56)(H,48,57)(H,49,58)(H,50,59)(H,51,54)(H,52,55)/t26-,27+,28+,31-,32+,33+,35+,36-/m1/s1. The summed E-state index contributed by atoms with van der Waals surface area (Å²) in [5.74, 6) is -3.32. The normalized spacial score (nSPS) is 17.5. The second-order valence-electron chi connectivity index (χ2n) is 17.6. The summed E-state index contributed by atoms with van der Waals surface area (Å²) in [7, 11) is 3.28. The number of hydrogen-bond donors (Lipinski definition) is 9. The molecule has 0 aliphatic heterocycles. The molecule has 1 aliphatic rings. The third kappa shape index (κ3) is 16.2. The van der Waals surface area contributed by atoms with Crippen LogP contribution >= 0.6 is 0 Å². The van der Waals surface area contributed by atoms with Gasteiger partial charge in [-0.3, -0.25) is 33.6 Å². The van der Waals surface area contributed by atoms with Gasteiger partial charge in [0, 0.05) is 19.0 Å². The van der Waals surface area contributed by atoms with Crippen molar-refractivity contribution in [1.82, 2.24) is 47.9 Å². The van der Waals surface area contributed by atoms with E-state index < -0.39 is 71.2 Å². The number of hydrogen-bond acceptors (Lipinski definition) is 9. The van der Waals surface area contributed by atoms with Crippen LogP contribution in [0.5, 0.6) is 0 Å². The van der Waals surface area contributed by atoms with Gasteiger partial charge in [-0.25, -0.2) is 0 Å². The average molecular weight is 828 g/mol. The number of nitrogens with one attached hydrogen (secondary N) is 9. The zero-order chi connectivity index (χ0) is 44.6. The minimum absolute atomic E-state index is 0.00656. The number of amides is 7. The van der Waals surface area contributed by atoms with E-state index in [9.17, 15) is 33.6 Å². The van der Waals surface area contributed by atoms with Crippen LogP contribution in [0.2, 0.25) is 0 Å². The van der Waals surface area contributed by atoms with Crippen molar-refractivity contribution in [1.29, 1.82) is 0 Å². The van der Waals surface area contributed by atoms with Crippen LogP contribution < -0.4 is 47.9 Å². The van der Waals surface area contributed by atoms with Gasteiger partial charge in [0.15, 0.2) is 0 Å². The maximum Gasteiger partial charge on any atom is 0.243 e. The minimum Gasteiger partial charge on any atom is -0.356 e. The second-order valence-corrected chi connectivity index (χ2v) is 17.6. The molecule has 2 rings (SSSR count). The summed E-state index contributed by atoms with van der Waals surface area (Å²) in [4.78, 5) is 93.7. The van der Waals surface area contributed by atoms with Gasteiger partial charge in [-0.1, -0.05) is 72.7 Å². The number of carbonyl (C=O) groups excluding carboxylic acids is 7. The third-order valence-corrected chi connectivity index (χ3v) is 11.1. The van der Waals surface area contributed by atoms with Crippen molar-refractivity contribution in [2.45, 2.75) is 156 Å². The van der Waals surface area contributed by atoms with Crippen LogP contribution in [0.3, 0.4) is 0 Å². The SMILES string of the molecule is CN[C@@H](C)C(=O)N[C@H](C(=O)N[C@@H](CCNC(=O)CC[C@H](NC(=O)[C@@H](NC(=O)[C@H](C)NC)C(C)(C)C)C(=O)N[C@@H]1CCCc2ccccc21)C(=O)N[C@H](C)C(C)C)C(C)C. The van der Waals surface area contributed by atoms with Crippen molar-refractivity contribution < 1.29 is 33.6 Å². The topological polar surface area (TPSA) is 228 Å². The van der Waals surface area contributed by atoms with E-state index in [-0.39, 0.29) is 61.5 Å². The number of rotatable bonds is 22. The molecular formula is C43H73N9O7. The zero-order valence-corrected chi connectivity index (χ0v) is 37.4. The lowest BCUT2D eigenvalue weighted by atomic mass is 9.85. The molecule has 0 aromatic heterocycles. The van der Waals surface area contributed by atoms with E-state index >= 15 is 0 Å². The lowest BCUT2D eigenvalue weighted by molar-refractivity contribution is -0.135. The first-order valence-electron chi connectivity index (χ1n) is 21.1. The van der Waals surface area contributed by atoms with Crippen LogP contribution in [0.4, 0.5) is 0 Å². The molecule has 0 spiro atoms. The predicted molar refractivity (Wildman–Crippen MR) is 229 cm³/mol. The van der Waals surface area contributed by atoms with Gasteiger partial charge in [0.05, 0.1) is 18.1 Å². The van der Waals surface area contributed by atoms with Gasteiger partial charge >= 0.3 is 0 Å². The Labute approximate surface area is 351 Å². The highest BCUT2D eigenvalue weighted by atomic mass is 16.2. The summed E-state index contributed by atoms with van der Waals surface area (Å²) in [6.45, 7) is 18.1. The Bertz CT molecular complexity index is 1590. The molecule has 7 amide bonds. The van der Waals surface area contributed by atoms with Crippen LogP contribution in [-0.2, 0) is 40.0 Å². The molecule has 9 N–H and O–H groups in total. The molecule has 16 heteroatoms. The smallest absolute Gasteiger partial charge is 0.243 e. The maximum absolute atomic E-state index is 14.0. The molecular weight excluding hydrogens is 755 g/mol. The molecule has 0 bridgehead atoms. The summed E-state index contributed by atoms with van der Waals surface area (Å²) >= 11 is 0. The van der Waals surface area contributed by atoms with Gasteiger partial charge in [0.2, 0.25) is 41.4 Å². The first-order chi connectivity index (χ1) is 27.6. The number of likely N-dealkylation sites (N-methyl/N-ethyl adjacent to an activating group) is 2. The largest absolute Gasteiger partial charge is 0.356 e. The Morgan fingerprint density at radius 3 is 1.81 bits per heavy atom. The molecule has 1 aromatic carbocycles. The zero-order valence-electron chi connectivity index (χ0n) is 37.4. The fraction of sp³-hybridized carbons (Fsp3) is 0.698. The van der Waals surface area contributed by atoms with Gasteiger partial charge in [0.1, 0.15) is 24.2 Å². The molecule has 1 aromatic rings. The Morgan fingerprint density at radius 2 is 1.24 bits per heavy atom. The van der Waals surface area contributed by atoms with Gasteiger partial charge < -0.3 is 47.9 Å². The van der Waals surface area contributed by atoms with Crippen molar-refractivity contribution in [3.63, 3.8) is 0 Å². The van der Waals surface area contributed by atoms with Crippen LogP contribution in [0.25, 0.3) is 0 Å². The number of benzene rings is 1. The summed E-state index contributed by atoms with van der Waals surface area (Å²) in [5, 5.41) is 25.7. The van der Waals surface area contributed by atoms with E-state index in [0.29, 0.717) is 6.42 Å². The van der Waals surface area contributed by atoms with Crippen molar-refractivity contribution in [3.8, 4) is 0 Å².